The van der Waals surface area contributed by atoms with Gasteiger partial charge < -0.3 is 19.4 Å². The van der Waals surface area contributed by atoms with Crippen LogP contribution in [0.4, 0.5) is 35.5 Å². The number of likely N-dealkylation sites (tertiary alicyclic amines) is 2. The molecule has 3 aliphatic rings. The summed E-state index contributed by atoms with van der Waals surface area (Å²) in [5.74, 6) is -0.725. The molecule has 1 unspecified atom stereocenters. The highest BCUT2D eigenvalue weighted by molar-refractivity contribution is 5.79. The zero-order chi connectivity index (χ0) is 32.8. The van der Waals surface area contributed by atoms with Crippen LogP contribution < -0.4 is 0 Å². The molecule has 0 bridgehead atoms. The Labute approximate surface area is 257 Å². The van der Waals surface area contributed by atoms with Gasteiger partial charge >= 0.3 is 18.4 Å². The topological polar surface area (TPSA) is 53.1 Å². The van der Waals surface area contributed by atoms with Crippen LogP contribution in [0.1, 0.15) is 66.1 Å². The Bertz CT molecular complexity index is 1390. The normalized spacial score (nSPS) is 23.6. The largest absolute Gasteiger partial charge is 0.416 e. The van der Waals surface area contributed by atoms with Gasteiger partial charge in [-0.2, -0.15) is 26.3 Å². The molecule has 246 valence electrons. The minimum absolute atomic E-state index is 0.0379. The Balaban J connectivity index is 1.46. The number of benzene rings is 2. The van der Waals surface area contributed by atoms with Gasteiger partial charge in [0.15, 0.2) is 0 Å². The van der Waals surface area contributed by atoms with Gasteiger partial charge in [-0.05, 0) is 86.1 Å². The second-order valence-corrected chi connectivity index (χ2v) is 12.4. The summed E-state index contributed by atoms with van der Waals surface area (Å²) in [4.78, 5) is 32.1. The van der Waals surface area contributed by atoms with Crippen LogP contribution in [-0.4, -0.2) is 66.5 Å². The summed E-state index contributed by atoms with van der Waals surface area (Å²) in [6, 6.07) is 3.25. The van der Waals surface area contributed by atoms with Crippen LogP contribution in [0.15, 0.2) is 36.4 Å². The number of carbonyl (C=O) groups is 2. The van der Waals surface area contributed by atoms with E-state index < -0.39 is 47.4 Å². The predicted molar refractivity (Wildman–Crippen MR) is 150 cm³/mol. The Hall–Kier alpha value is -3.35. The van der Waals surface area contributed by atoms with E-state index in [0.29, 0.717) is 68.8 Å². The standard InChI is InChI=1S/C32H36F7N3O3/c1-18-12-25(33)4-5-26(18)28-27-17-41(29(43)20-7-10-45-11-8-20)16-21(27)6-9-42(28)30(44)40(3)19(2)22-13-23(31(34,35)36)15-24(14-22)32(37,38)39/h4-5,12-15,19-21,27-28H,6-11,16-17H2,1-3H3/t19-,21-,27?,28+/m1/s1. The quantitative estimate of drug-likeness (QED) is 0.331. The lowest BCUT2D eigenvalue weighted by Crippen LogP contribution is -2.51. The van der Waals surface area contributed by atoms with Gasteiger partial charge in [-0.1, -0.05) is 6.07 Å². The van der Waals surface area contributed by atoms with Gasteiger partial charge in [0.25, 0.3) is 0 Å². The molecule has 45 heavy (non-hydrogen) atoms. The summed E-state index contributed by atoms with van der Waals surface area (Å²) in [5, 5.41) is 0. The van der Waals surface area contributed by atoms with Crippen LogP contribution >= 0.6 is 0 Å². The van der Waals surface area contributed by atoms with E-state index in [-0.39, 0.29) is 41.8 Å². The lowest BCUT2D eigenvalue weighted by atomic mass is 9.78. The van der Waals surface area contributed by atoms with E-state index in [9.17, 15) is 40.3 Å². The number of carbonyl (C=O) groups excluding carboxylic acids is 2. The minimum atomic E-state index is -5.03. The number of hydrogen-bond acceptors (Lipinski definition) is 3. The van der Waals surface area contributed by atoms with Crippen molar-refractivity contribution >= 4 is 11.9 Å². The molecule has 3 amide bonds. The Morgan fingerprint density at radius 3 is 2.13 bits per heavy atom. The van der Waals surface area contributed by atoms with E-state index in [1.165, 1.54) is 26.1 Å². The molecule has 2 aromatic rings. The smallest absolute Gasteiger partial charge is 0.381 e. The molecule has 5 rings (SSSR count). The number of nitrogens with zero attached hydrogens (tertiary/aromatic N) is 3. The van der Waals surface area contributed by atoms with Crippen LogP contribution in [0.5, 0.6) is 0 Å². The van der Waals surface area contributed by atoms with E-state index in [2.05, 4.69) is 0 Å². The molecule has 0 radical (unpaired) electrons. The first kappa shape index (κ1) is 33.0. The number of urea groups is 1. The number of amides is 3. The molecule has 0 N–H and O–H groups in total. The van der Waals surface area contributed by atoms with Crippen LogP contribution in [0.25, 0.3) is 0 Å². The third-order valence-electron chi connectivity index (χ3n) is 9.63. The first-order valence-corrected chi connectivity index (χ1v) is 15.0. The number of aryl methyl sites for hydroxylation is 1. The highest BCUT2D eigenvalue weighted by atomic mass is 19.4. The van der Waals surface area contributed by atoms with Gasteiger partial charge in [-0.15, -0.1) is 0 Å². The molecule has 0 aliphatic carbocycles. The van der Waals surface area contributed by atoms with Gasteiger partial charge in [0.1, 0.15) is 5.82 Å². The van der Waals surface area contributed by atoms with Crippen molar-refractivity contribution in [3.8, 4) is 0 Å². The molecule has 0 saturated carbocycles. The maximum Gasteiger partial charge on any atom is 0.416 e. The minimum Gasteiger partial charge on any atom is -0.381 e. The number of fused-ring (bicyclic) bond motifs is 1. The lowest BCUT2D eigenvalue weighted by Gasteiger charge is -2.45. The first-order valence-electron chi connectivity index (χ1n) is 15.0. The predicted octanol–water partition coefficient (Wildman–Crippen LogP) is 7.23. The van der Waals surface area contributed by atoms with Crippen molar-refractivity contribution in [2.75, 3.05) is 39.9 Å². The highest BCUT2D eigenvalue weighted by Crippen LogP contribution is 2.46. The molecule has 2 aromatic carbocycles. The summed E-state index contributed by atoms with van der Waals surface area (Å²) >= 11 is 0. The van der Waals surface area contributed by atoms with Crippen LogP contribution in [0.3, 0.4) is 0 Å². The third kappa shape index (κ3) is 6.78. The summed E-state index contributed by atoms with van der Waals surface area (Å²) in [7, 11) is 1.34. The zero-order valence-electron chi connectivity index (χ0n) is 25.2. The second kappa shape index (κ2) is 12.4. The maximum atomic E-state index is 14.2. The molecule has 3 aliphatic heterocycles. The Morgan fingerprint density at radius 2 is 1.56 bits per heavy atom. The second-order valence-electron chi connectivity index (χ2n) is 12.4. The summed E-state index contributed by atoms with van der Waals surface area (Å²) in [6.45, 7) is 5.24. The van der Waals surface area contributed by atoms with E-state index in [1.807, 2.05) is 4.90 Å². The van der Waals surface area contributed by atoms with Crippen molar-refractivity contribution < 1.29 is 45.1 Å². The number of piperidine rings is 1. The molecule has 3 saturated heterocycles. The van der Waals surface area contributed by atoms with Gasteiger partial charge in [0.2, 0.25) is 5.91 Å². The fraction of sp³-hybridized carbons (Fsp3) is 0.562. The average molecular weight is 644 g/mol. The van der Waals surface area contributed by atoms with Crippen molar-refractivity contribution in [3.05, 3.63) is 70.0 Å². The van der Waals surface area contributed by atoms with E-state index >= 15 is 0 Å². The van der Waals surface area contributed by atoms with Crippen molar-refractivity contribution in [1.29, 1.82) is 0 Å². The molecule has 4 atom stereocenters. The van der Waals surface area contributed by atoms with E-state index in [1.54, 1.807) is 17.9 Å². The van der Waals surface area contributed by atoms with Gasteiger partial charge in [-0.25, -0.2) is 9.18 Å². The Morgan fingerprint density at radius 1 is 0.933 bits per heavy atom. The summed E-state index contributed by atoms with van der Waals surface area (Å²) < 4.78 is 101. The average Bonchev–Trinajstić information content (AvgIpc) is 3.43. The van der Waals surface area contributed by atoms with Crippen LogP contribution in [0, 0.1) is 30.5 Å². The van der Waals surface area contributed by atoms with E-state index in [4.69, 9.17) is 4.74 Å². The van der Waals surface area contributed by atoms with Crippen LogP contribution in [0.2, 0.25) is 0 Å². The van der Waals surface area contributed by atoms with Crippen molar-refractivity contribution in [2.45, 2.75) is 57.5 Å². The van der Waals surface area contributed by atoms with Crippen molar-refractivity contribution in [3.63, 3.8) is 0 Å². The highest BCUT2D eigenvalue weighted by Gasteiger charge is 2.49. The number of halogens is 7. The Kier molecular flexibility index (Phi) is 9.14. The molecule has 0 spiro atoms. The number of ether oxygens (including phenoxy) is 1. The fourth-order valence-electron chi connectivity index (χ4n) is 7.01. The lowest BCUT2D eigenvalue weighted by molar-refractivity contribution is -0.143. The monoisotopic (exact) mass is 643 g/mol. The molecule has 3 heterocycles. The summed E-state index contributed by atoms with van der Waals surface area (Å²) in [5.41, 5.74) is -1.95. The van der Waals surface area contributed by atoms with Gasteiger partial charge in [0, 0.05) is 51.7 Å². The zero-order valence-corrected chi connectivity index (χ0v) is 25.2. The van der Waals surface area contributed by atoms with Crippen molar-refractivity contribution in [1.82, 2.24) is 14.7 Å². The van der Waals surface area contributed by atoms with E-state index in [0.717, 1.165) is 4.90 Å². The number of hydrogen-bond donors (Lipinski definition) is 0. The van der Waals surface area contributed by atoms with Gasteiger partial charge in [-0.3, -0.25) is 4.79 Å². The van der Waals surface area contributed by atoms with Gasteiger partial charge in [0.05, 0.1) is 23.2 Å². The molecular formula is C32H36F7N3O3. The molecular weight excluding hydrogens is 607 g/mol. The maximum absolute atomic E-state index is 14.2. The number of rotatable bonds is 4. The van der Waals surface area contributed by atoms with Crippen molar-refractivity contribution in [2.24, 2.45) is 17.8 Å². The third-order valence-corrected chi connectivity index (χ3v) is 9.63. The van der Waals surface area contributed by atoms with Crippen LogP contribution in [-0.2, 0) is 21.9 Å². The molecule has 3 fully saturated rings. The SMILES string of the molecule is Cc1cc(F)ccc1[C@H]1C2CN(C(=O)C3CCOCC3)C[C@H]2CCN1C(=O)N(C)[C@H](C)c1cc(C(F)(F)F)cc(C(F)(F)F)c1. The molecule has 13 heteroatoms. The molecule has 0 aromatic heterocycles. The first-order chi connectivity index (χ1) is 21.1. The summed E-state index contributed by atoms with van der Waals surface area (Å²) in [6.07, 6.45) is -8.24. The molecule has 6 nitrogen and oxygen atoms in total. The number of alkyl halides is 6. The fourth-order valence-corrected chi connectivity index (χ4v) is 7.01.